The number of unbranched alkanes of at least 4 members (excludes halogenated alkanes) is 74. The molecule has 6 nitrogen and oxygen atoms in total. The van der Waals surface area contributed by atoms with Crippen molar-refractivity contribution in [3.8, 4) is 0 Å². The Hall–Kier alpha value is -0.974. The maximum Gasteiger partial charge on any atom is 2.00 e. The molecule has 0 radical (unpaired) electrons. The van der Waals surface area contributed by atoms with E-state index in [1.165, 1.54) is 499 Å². The first-order chi connectivity index (χ1) is 49.1. The van der Waals surface area contributed by atoms with Gasteiger partial charge in [0.25, 0.3) is 0 Å². The monoisotopic (exact) mass is 1460 g/mol. The SMILES string of the molecule is CCCCCCCCCCCCCCCCCCCCCCCCCCCCCCCCCCCCCCCCc1cccc(S(=O)(=O)[O-])c1.CCCCCCCCCCCCCCCCCCCCCCCCCCCCCCCCCCCCCCCCc1cccc(S(=O)(=O)[O-])c1.[Mg+2]. The van der Waals surface area contributed by atoms with Gasteiger partial charge in [-0.05, 0) is 61.1 Å². The van der Waals surface area contributed by atoms with Gasteiger partial charge in [-0.15, -0.1) is 0 Å². The van der Waals surface area contributed by atoms with Crippen molar-refractivity contribution >= 4 is 43.3 Å². The molecule has 0 aromatic heterocycles. The Kier molecular flexibility index (Phi) is 79.3. The quantitative estimate of drug-likeness (QED) is 0.0370. The molecule has 0 bridgehead atoms. The van der Waals surface area contributed by atoms with Gasteiger partial charge in [0.1, 0.15) is 20.2 Å². The van der Waals surface area contributed by atoms with Crippen LogP contribution in [0.15, 0.2) is 58.3 Å². The summed E-state index contributed by atoms with van der Waals surface area (Å²) in [7, 11) is -8.70. The molecule has 0 saturated heterocycles. The summed E-state index contributed by atoms with van der Waals surface area (Å²) in [5, 5.41) is 0. The van der Waals surface area contributed by atoms with Crippen LogP contribution in [0.2, 0.25) is 0 Å². The van der Waals surface area contributed by atoms with Gasteiger partial charge in [-0.2, -0.15) is 0 Å². The molecule has 0 aliphatic heterocycles. The van der Waals surface area contributed by atoms with Gasteiger partial charge >= 0.3 is 23.1 Å². The summed E-state index contributed by atoms with van der Waals surface area (Å²) in [4.78, 5) is -0.210. The zero-order chi connectivity index (χ0) is 72.1. The fraction of sp³-hybridized carbons (Fsp3) is 0.870. The molecule has 0 amide bonds. The van der Waals surface area contributed by atoms with Crippen molar-refractivity contribution in [1.82, 2.24) is 0 Å². The van der Waals surface area contributed by atoms with E-state index in [2.05, 4.69) is 13.8 Å². The predicted molar refractivity (Wildman–Crippen MR) is 444 cm³/mol. The maximum absolute atomic E-state index is 11.2. The van der Waals surface area contributed by atoms with Gasteiger partial charge in [-0.3, -0.25) is 0 Å². The Morgan fingerprint density at radius 1 is 0.198 bits per heavy atom. The first-order valence-corrected chi connectivity index (χ1v) is 48.0. The third kappa shape index (κ3) is 75.6. The van der Waals surface area contributed by atoms with Crippen LogP contribution < -0.4 is 0 Å². The molecule has 0 unspecified atom stereocenters. The van der Waals surface area contributed by atoms with Crippen molar-refractivity contribution in [2.75, 3.05) is 0 Å². The summed E-state index contributed by atoms with van der Waals surface area (Å²) in [5.74, 6) is 0. The van der Waals surface area contributed by atoms with Crippen LogP contribution in [0.4, 0.5) is 0 Å². The van der Waals surface area contributed by atoms with Crippen molar-refractivity contribution in [3.05, 3.63) is 59.7 Å². The third-order valence-electron chi connectivity index (χ3n) is 22.0. The van der Waals surface area contributed by atoms with Crippen LogP contribution in [0.3, 0.4) is 0 Å². The van der Waals surface area contributed by atoms with Gasteiger partial charge in [0, 0.05) is 0 Å². The van der Waals surface area contributed by atoms with E-state index in [1.54, 1.807) is 12.1 Å². The minimum absolute atomic E-state index is 0. The summed E-state index contributed by atoms with van der Waals surface area (Å²) in [6.07, 6.45) is 110. The van der Waals surface area contributed by atoms with E-state index in [0.717, 1.165) is 36.8 Å². The smallest absolute Gasteiger partial charge is 0.744 e. The average Bonchev–Trinajstić information content (AvgIpc) is 0.897. The molecule has 0 heterocycles. The summed E-state index contributed by atoms with van der Waals surface area (Å²) in [6.45, 7) is 4.61. The van der Waals surface area contributed by atoms with Crippen molar-refractivity contribution in [2.24, 2.45) is 0 Å². The number of benzene rings is 2. The standard InChI is InChI=1S/2C46H86O3S.Mg/c2*1-2-3-4-5-6-7-8-9-10-11-12-13-14-15-16-17-18-19-20-21-22-23-24-25-26-27-28-29-30-31-32-33-34-35-36-37-38-39-41-45-42-40-43-46(44-45)50(47,48)49;/h2*40,42-44H,2-39,41H2,1H3,(H,47,48,49);/q;;+2/p-2. The van der Waals surface area contributed by atoms with E-state index >= 15 is 0 Å². The van der Waals surface area contributed by atoms with Crippen LogP contribution >= 0.6 is 0 Å². The Labute approximate surface area is 648 Å². The van der Waals surface area contributed by atoms with Crippen LogP contribution in [-0.4, -0.2) is 49.0 Å². The van der Waals surface area contributed by atoms with E-state index < -0.39 is 20.2 Å². The molecule has 0 aliphatic carbocycles. The van der Waals surface area contributed by atoms with Crippen molar-refractivity contribution in [1.29, 1.82) is 0 Å². The Morgan fingerprint density at radius 2 is 0.317 bits per heavy atom. The first kappa shape index (κ1) is 100. The summed E-state index contributed by atoms with van der Waals surface area (Å²) < 4.78 is 67.0. The van der Waals surface area contributed by atoms with E-state index in [0.29, 0.717) is 0 Å². The molecular weight excluding hydrogens is 1290 g/mol. The molecule has 9 heteroatoms. The number of rotatable bonds is 80. The Bertz CT molecular complexity index is 2010. The Morgan fingerprint density at radius 3 is 0.436 bits per heavy atom. The zero-order valence-corrected chi connectivity index (χ0v) is 70.8. The molecule has 101 heavy (non-hydrogen) atoms. The van der Waals surface area contributed by atoms with Crippen LogP contribution in [0.1, 0.15) is 513 Å². The molecule has 2 aromatic rings. The fourth-order valence-electron chi connectivity index (χ4n) is 15.2. The van der Waals surface area contributed by atoms with Crippen LogP contribution in [0, 0.1) is 0 Å². The van der Waals surface area contributed by atoms with Gasteiger partial charge in [0.2, 0.25) is 0 Å². The minimum atomic E-state index is -4.35. The maximum atomic E-state index is 11.2. The minimum Gasteiger partial charge on any atom is -0.744 e. The normalized spacial score (nSPS) is 11.8. The summed E-state index contributed by atoms with van der Waals surface area (Å²) in [5.41, 5.74) is 1.90. The first-order valence-electron chi connectivity index (χ1n) is 45.2. The molecule has 2 aromatic carbocycles. The van der Waals surface area contributed by atoms with Crippen molar-refractivity contribution in [3.63, 3.8) is 0 Å². The molecule has 0 aliphatic rings. The second-order valence-corrected chi connectivity index (χ2v) is 34.6. The van der Waals surface area contributed by atoms with Crippen LogP contribution in [0.5, 0.6) is 0 Å². The summed E-state index contributed by atoms with van der Waals surface area (Å²) in [6, 6.07) is 13.0. The number of aryl methyl sites for hydroxylation is 2. The number of hydrogen-bond donors (Lipinski definition) is 0. The van der Waals surface area contributed by atoms with Crippen LogP contribution in [-0.2, 0) is 33.1 Å². The molecule has 2 rings (SSSR count). The van der Waals surface area contributed by atoms with Crippen molar-refractivity contribution in [2.45, 2.75) is 524 Å². The topological polar surface area (TPSA) is 114 Å². The van der Waals surface area contributed by atoms with Gasteiger partial charge in [-0.25, -0.2) is 16.8 Å². The van der Waals surface area contributed by atoms with Gasteiger partial charge < -0.3 is 9.11 Å². The second kappa shape index (κ2) is 80.1. The largest absolute Gasteiger partial charge is 2.00 e. The summed E-state index contributed by atoms with van der Waals surface area (Å²) >= 11 is 0. The molecule has 0 saturated carbocycles. The van der Waals surface area contributed by atoms with Crippen LogP contribution in [0.25, 0.3) is 0 Å². The third-order valence-corrected chi connectivity index (χ3v) is 23.7. The average molecular weight is 1460 g/mol. The molecule has 0 fully saturated rings. The van der Waals surface area contributed by atoms with E-state index in [9.17, 15) is 25.9 Å². The predicted octanol–water partition coefficient (Wildman–Crippen LogP) is 31.6. The van der Waals surface area contributed by atoms with E-state index in [-0.39, 0.29) is 32.8 Å². The molecular formula is C92H170MgO6S2. The van der Waals surface area contributed by atoms with Gasteiger partial charge in [-0.1, -0.05) is 513 Å². The van der Waals surface area contributed by atoms with E-state index in [1.807, 2.05) is 12.1 Å². The fourth-order valence-corrected chi connectivity index (χ4v) is 16.3. The van der Waals surface area contributed by atoms with Gasteiger partial charge in [0.15, 0.2) is 0 Å². The van der Waals surface area contributed by atoms with Crippen molar-refractivity contribution < 1.29 is 25.9 Å². The van der Waals surface area contributed by atoms with Gasteiger partial charge in [0.05, 0.1) is 9.79 Å². The zero-order valence-electron chi connectivity index (χ0n) is 67.7. The molecule has 0 atom stereocenters. The molecule has 0 spiro atoms. The number of hydrogen-bond acceptors (Lipinski definition) is 6. The second-order valence-electron chi connectivity index (χ2n) is 31.9. The van der Waals surface area contributed by atoms with E-state index in [4.69, 9.17) is 0 Å². The Balaban J connectivity index is 0.00000196. The molecule has 0 N–H and O–H groups in total. The molecule has 588 valence electrons.